The molecule has 0 fully saturated rings. The Morgan fingerprint density at radius 3 is 2.20 bits per heavy atom. The van der Waals surface area contributed by atoms with E-state index in [4.69, 9.17) is 16.3 Å². The summed E-state index contributed by atoms with van der Waals surface area (Å²) in [4.78, 5) is 34.2. The van der Waals surface area contributed by atoms with E-state index in [-0.39, 0.29) is 23.8 Å². The van der Waals surface area contributed by atoms with Crippen molar-refractivity contribution in [3.63, 3.8) is 0 Å². The average Bonchev–Trinajstić information content (AvgIpc) is 2.97. The number of anilines is 1. The van der Waals surface area contributed by atoms with Crippen LogP contribution in [0.4, 0.5) is 5.82 Å². The van der Waals surface area contributed by atoms with Crippen LogP contribution in [0.3, 0.4) is 0 Å². The van der Waals surface area contributed by atoms with E-state index in [1.807, 2.05) is 27.7 Å². The highest BCUT2D eigenvalue weighted by molar-refractivity contribution is 7.18. The zero-order chi connectivity index (χ0) is 23.3. The molecule has 1 N–H and O–H groups in total. The number of hydrogen-bond acceptors (Lipinski definition) is 9. The van der Waals surface area contributed by atoms with Crippen LogP contribution in [0.15, 0.2) is 0 Å². The quantitative estimate of drug-likeness (QED) is 0.493. The fourth-order valence-corrected chi connectivity index (χ4v) is 3.55. The molecule has 0 saturated carbocycles. The van der Waals surface area contributed by atoms with Gasteiger partial charge in [-0.3, -0.25) is 9.59 Å². The van der Waals surface area contributed by atoms with Crippen LogP contribution in [0.1, 0.15) is 38.1 Å². The first-order chi connectivity index (χ1) is 14.2. The van der Waals surface area contributed by atoms with Crippen LogP contribution in [0.5, 0.6) is 0 Å². The Morgan fingerprint density at radius 2 is 1.67 bits per heavy atom. The molecule has 0 aromatic carbocycles. The van der Waals surface area contributed by atoms with E-state index in [1.54, 1.807) is 44.2 Å². The number of aromatic nitrogens is 2. The number of esters is 2. The molecule has 0 saturated heterocycles. The summed E-state index contributed by atoms with van der Waals surface area (Å²) in [6.45, 7) is 12.9. The molecule has 10 heteroatoms. The van der Waals surface area contributed by atoms with Crippen molar-refractivity contribution in [3.8, 4) is 0 Å². The first-order valence-corrected chi connectivity index (χ1v) is 11.0. The lowest BCUT2D eigenvalue weighted by molar-refractivity contribution is -0.142. The third-order valence-electron chi connectivity index (χ3n) is 3.64. The van der Waals surface area contributed by atoms with Crippen LogP contribution < -0.4 is 10.2 Å². The largest absolute Gasteiger partial charge is 0.465 e. The smallest absolute Gasteiger partial charge is 0.325 e. The normalized spacial score (nSPS) is 9.77. The van der Waals surface area contributed by atoms with Gasteiger partial charge in [0.05, 0.1) is 25.1 Å². The molecule has 2 rings (SSSR count). The van der Waals surface area contributed by atoms with E-state index < -0.39 is 0 Å². The Morgan fingerprint density at radius 1 is 1.10 bits per heavy atom. The van der Waals surface area contributed by atoms with Gasteiger partial charge in [0.25, 0.3) is 0 Å². The third-order valence-corrected chi connectivity index (χ3v) is 4.91. The molecular weight excluding hydrogens is 428 g/mol. The van der Waals surface area contributed by atoms with Gasteiger partial charge in [-0.25, -0.2) is 4.98 Å². The molecule has 0 amide bonds. The first kappa shape index (κ1) is 28.0. The van der Waals surface area contributed by atoms with Gasteiger partial charge in [-0.15, -0.1) is 11.3 Å². The summed E-state index contributed by atoms with van der Waals surface area (Å²) < 4.78 is 9.54. The minimum Gasteiger partial charge on any atom is -0.465 e. The number of likely N-dealkylation sites (N-methyl/N-ethyl adjacent to an activating group) is 2. The number of thiophene rings is 1. The summed E-state index contributed by atoms with van der Waals surface area (Å²) in [6, 6.07) is 0. The Bertz CT molecular complexity index is 806. The maximum Gasteiger partial charge on any atom is 0.325 e. The van der Waals surface area contributed by atoms with Gasteiger partial charge in [-0.2, -0.15) is 4.98 Å². The molecule has 2 heterocycles. The van der Waals surface area contributed by atoms with Crippen molar-refractivity contribution >= 4 is 50.9 Å². The van der Waals surface area contributed by atoms with Crippen molar-refractivity contribution in [3.05, 3.63) is 15.7 Å². The molecule has 0 unspecified atom stereocenters. The second-order valence-electron chi connectivity index (χ2n) is 5.78. The van der Waals surface area contributed by atoms with E-state index >= 15 is 0 Å². The number of nitrogens with zero attached hydrogens (tertiary/aromatic N) is 3. The average molecular weight is 461 g/mol. The molecule has 30 heavy (non-hydrogen) atoms. The Kier molecular flexibility index (Phi) is 13.9. The maximum atomic E-state index is 11.6. The molecule has 0 aliphatic rings. The lowest BCUT2D eigenvalue weighted by Crippen LogP contribution is -2.28. The molecule has 0 bridgehead atoms. The van der Waals surface area contributed by atoms with Gasteiger partial charge in [0, 0.05) is 11.9 Å². The van der Waals surface area contributed by atoms with Gasteiger partial charge >= 0.3 is 11.9 Å². The van der Waals surface area contributed by atoms with E-state index in [9.17, 15) is 9.59 Å². The molecular formula is C20H33ClN4O4S. The number of carbonyl (C=O) groups is 2. The second-order valence-corrected chi connectivity index (χ2v) is 7.32. The van der Waals surface area contributed by atoms with Crippen molar-refractivity contribution in [1.82, 2.24) is 15.3 Å². The van der Waals surface area contributed by atoms with Gasteiger partial charge < -0.3 is 19.7 Å². The lowest BCUT2D eigenvalue weighted by atomic mass is 10.2. The SMILES string of the molecule is CC.CCOC(=O)CN(C)c1nc(Cl)nc2sc(C)c(C)c12.CCOC(=O)CNC. The predicted molar refractivity (Wildman–Crippen MR) is 124 cm³/mol. The van der Waals surface area contributed by atoms with Crippen LogP contribution in [-0.4, -0.2) is 62.3 Å². The number of carbonyl (C=O) groups excluding carboxylic acids is 2. The van der Waals surface area contributed by atoms with E-state index in [0.717, 1.165) is 15.8 Å². The van der Waals surface area contributed by atoms with E-state index in [0.29, 0.717) is 25.6 Å². The molecule has 0 aliphatic heterocycles. The summed E-state index contributed by atoms with van der Waals surface area (Å²) in [5, 5.41) is 3.81. The molecule has 0 radical (unpaired) electrons. The molecule has 0 atom stereocenters. The van der Waals surface area contributed by atoms with Crippen LogP contribution in [-0.2, 0) is 19.1 Å². The number of aryl methyl sites for hydroxylation is 2. The highest BCUT2D eigenvalue weighted by Crippen LogP contribution is 2.35. The van der Waals surface area contributed by atoms with Crippen LogP contribution in [0.25, 0.3) is 10.2 Å². The second kappa shape index (κ2) is 14.9. The standard InChI is InChI=1S/C13H16ClN3O2S.C5H11NO2.C2H6/c1-5-19-9(18)6-17(4)11-10-7(2)8(3)20-12(10)16-13(14)15-11;1-3-8-5(7)4-6-2;1-2/h5-6H2,1-4H3;6H,3-4H2,1-2H3;1-2H3. The maximum absolute atomic E-state index is 11.6. The number of hydrogen-bond donors (Lipinski definition) is 1. The van der Waals surface area contributed by atoms with E-state index in [1.165, 1.54) is 4.88 Å². The molecule has 0 spiro atoms. The van der Waals surface area contributed by atoms with Crippen molar-refractivity contribution in [2.24, 2.45) is 0 Å². The highest BCUT2D eigenvalue weighted by Gasteiger charge is 2.18. The number of rotatable bonds is 7. The lowest BCUT2D eigenvalue weighted by Gasteiger charge is -2.18. The van der Waals surface area contributed by atoms with Gasteiger partial charge in [0.1, 0.15) is 17.2 Å². The van der Waals surface area contributed by atoms with Gasteiger partial charge in [0.2, 0.25) is 5.28 Å². The van der Waals surface area contributed by atoms with Crippen LogP contribution in [0, 0.1) is 13.8 Å². The Labute approximate surface area is 187 Å². The summed E-state index contributed by atoms with van der Waals surface area (Å²) in [7, 11) is 3.50. The van der Waals surface area contributed by atoms with Gasteiger partial charge in [0.15, 0.2) is 0 Å². The Hall–Kier alpha value is -1.97. The first-order valence-electron chi connectivity index (χ1n) is 9.85. The summed E-state index contributed by atoms with van der Waals surface area (Å²) in [5.74, 6) is 0.174. The predicted octanol–water partition coefficient (Wildman–Crippen LogP) is 3.76. The summed E-state index contributed by atoms with van der Waals surface area (Å²) in [5.41, 5.74) is 1.12. The van der Waals surface area contributed by atoms with Gasteiger partial charge in [-0.05, 0) is 51.9 Å². The Balaban J connectivity index is 0.000000712. The van der Waals surface area contributed by atoms with Crippen LogP contribution >= 0.6 is 22.9 Å². The number of fused-ring (bicyclic) bond motifs is 1. The number of ether oxygens (including phenoxy) is 2. The zero-order valence-corrected chi connectivity index (χ0v) is 20.7. The number of nitrogens with one attached hydrogen (secondary N) is 1. The van der Waals surface area contributed by atoms with E-state index in [2.05, 4.69) is 20.0 Å². The highest BCUT2D eigenvalue weighted by atomic mass is 35.5. The monoisotopic (exact) mass is 460 g/mol. The zero-order valence-electron chi connectivity index (χ0n) is 19.1. The molecule has 8 nitrogen and oxygen atoms in total. The molecule has 170 valence electrons. The van der Waals surface area contributed by atoms with Crippen molar-refractivity contribution in [2.45, 2.75) is 41.5 Å². The van der Waals surface area contributed by atoms with Crippen molar-refractivity contribution in [1.29, 1.82) is 0 Å². The summed E-state index contributed by atoms with van der Waals surface area (Å²) in [6.07, 6.45) is 0. The van der Waals surface area contributed by atoms with Crippen molar-refractivity contribution < 1.29 is 19.1 Å². The molecule has 0 aliphatic carbocycles. The summed E-state index contributed by atoms with van der Waals surface area (Å²) >= 11 is 7.54. The molecule has 2 aromatic rings. The third kappa shape index (κ3) is 8.81. The van der Waals surface area contributed by atoms with Crippen LogP contribution in [0.2, 0.25) is 5.28 Å². The molecule has 2 aromatic heterocycles. The minimum absolute atomic E-state index is 0.130. The minimum atomic E-state index is -0.289. The topological polar surface area (TPSA) is 93.7 Å². The fraction of sp³-hybridized carbons (Fsp3) is 0.600. The fourth-order valence-electron chi connectivity index (χ4n) is 2.31. The number of halogens is 1. The van der Waals surface area contributed by atoms with Gasteiger partial charge in [-0.1, -0.05) is 13.8 Å². The van der Waals surface area contributed by atoms with Crippen molar-refractivity contribution in [2.75, 3.05) is 45.3 Å².